The van der Waals surface area contributed by atoms with E-state index in [9.17, 15) is 9.59 Å². The lowest BCUT2D eigenvalue weighted by Gasteiger charge is -2.40. The summed E-state index contributed by atoms with van der Waals surface area (Å²) in [5.74, 6) is 1.01. The SMILES string of the molecule is O=C(Cn1c(=O)oc2ccccc21)N1C[C@H]2CC[C@@H](C1)N(CC1CCC1)C2. The number of oxazole rings is 1. The molecule has 4 heterocycles. The van der Waals surface area contributed by atoms with Gasteiger partial charge in [0, 0.05) is 32.2 Å². The third-order valence-electron chi connectivity index (χ3n) is 6.76. The summed E-state index contributed by atoms with van der Waals surface area (Å²) >= 11 is 0. The van der Waals surface area contributed by atoms with Gasteiger partial charge in [0.05, 0.1) is 5.52 Å². The minimum Gasteiger partial charge on any atom is -0.408 e. The molecule has 3 saturated heterocycles. The molecule has 0 N–H and O–H groups in total. The lowest BCUT2D eigenvalue weighted by molar-refractivity contribution is -0.132. The van der Waals surface area contributed by atoms with Crippen molar-refractivity contribution in [1.29, 1.82) is 0 Å². The number of rotatable bonds is 4. The molecular weight excluding hydrogens is 342 g/mol. The Morgan fingerprint density at radius 1 is 1.07 bits per heavy atom. The van der Waals surface area contributed by atoms with E-state index >= 15 is 0 Å². The molecule has 0 spiro atoms. The van der Waals surface area contributed by atoms with Gasteiger partial charge in [0.2, 0.25) is 5.91 Å². The van der Waals surface area contributed by atoms with Crippen LogP contribution in [0.1, 0.15) is 32.1 Å². The fourth-order valence-electron chi connectivity index (χ4n) is 5.01. The van der Waals surface area contributed by atoms with Crippen LogP contribution in [0.4, 0.5) is 0 Å². The van der Waals surface area contributed by atoms with Crippen LogP contribution in [-0.4, -0.2) is 52.5 Å². The monoisotopic (exact) mass is 369 g/mol. The lowest BCUT2D eigenvalue weighted by atomic mass is 9.83. The van der Waals surface area contributed by atoms with Crippen molar-refractivity contribution in [3.05, 3.63) is 34.8 Å². The predicted molar refractivity (Wildman–Crippen MR) is 102 cm³/mol. The molecule has 27 heavy (non-hydrogen) atoms. The van der Waals surface area contributed by atoms with E-state index in [0.29, 0.717) is 23.1 Å². The number of hydrogen-bond acceptors (Lipinski definition) is 4. The second-order valence-corrected chi connectivity index (χ2v) is 8.57. The molecule has 2 aromatic rings. The quantitative estimate of drug-likeness (QED) is 0.830. The fraction of sp³-hybridized carbons (Fsp3) is 0.619. The number of hydrogen-bond donors (Lipinski definition) is 0. The highest BCUT2D eigenvalue weighted by molar-refractivity contribution is 5.79. The van der Waals surface area contributed by atoms with E-state index in [0.717, 1.165) is 25.6 Å². The number of aromatic nitrogens is 1. The summed E-state index contributed by atoms with van der Waals surface area (Å²) in [6, 6.07) is 7.78. The minimum atomic E-state index is -0.450. The van der Waals surface area contributed by atoms with E-state index in [1.54, 1.807) is 6.07 Å². The van der Waals surface area contributed by atoms with Crippen molar-refractivity contribution in [3.8, 4) is 0 Å². The van der Waals surface area contributed by atoms with E-state index in [-0.39, 0.29) is 12.5 Å². The summed E-state index contributed by atoms with van der Waals surface area (Å²) in [5.41, 5.74) is 1.23. The third kappa shape index (κ3) is 3.20. The van der Waals surface area contributed by atoms with Gasteiger partial charge in [-0.05, 0) is 49.7 Å². The zero-order valence-corrected chi connectivity index (χ0v) is 15.7. The topological polar surface area (TPSA) is 58.7 Å². The van der Waals surface area contributed by atoms with Crippen molar-refractivity contribution in [2.45, 2.75) is 44.7 Å². The molecule has 2 bridgehead atoms. The number of benzene rings is 1. The first-order valence-corrected chi connectivity index (χ1v) is 10.3. The zero-order chi connectivity index (χ0) is 18.4. The maximum atomic E-state index is 13.0. The van der Waals surface area contributed by atoms with Gasteiger partial charge in [-0.3, -0.25) is 14.3 Å². The summed E-state index contributed by atoms with van der Waals surface area (Å²) in [6.45, 7) is 4.01. The summed E-state index contributed by atoms with van der Waals surface area (Å²) in [5, 5.41) is 0. The molecule has 3 aliphatic heterocycles. The Morgan fingerprint density at radius 2 is 1.93 bits per heavy atom. The van der Waals surface area contributed by atoms with Crippen molar-refractivity contribution in [3.63, 3.8) is 0 Å². The first kappa shape index (κ1) is 17.0. The van der Waals surface area contributed by atoms with Gasteiger partial charge in [-0.1, -0.05) is 18.6 Å². The van der Waals surface area contributed by atoms with Crippen LogP contribution >= 0.6 is 0 Å². The molecule has 6 nitrogen and oxygen atoms in total. The molecule has 1 saturated carbocycles. The standard InChI is InChI=1S/C21H27N3O3/c25-20(14-24-18-6-1-2-7-19(18)27-21(24)26)23-12-16-8-9-17(13-23)22(11-16)10-15-4-3-5-15/h1-2,6-7,15-17H,3-5,8-14H2/t16-,17-/m0/s1. The Balaban J connectivity index is 1.32. The van der Waals surface area contributed by atoms with Crippen molar-refractivity contribution < 1.29 is 9.21 Å². The van der Waals surface area contributed by atoms with Crippen LogP contribution in [0.25, 0.3) is 11.1 Å². The Kier molecular flexibility index (Phi) is 4.31. The van der Waals surface area contributed by atoms with Gasteiger partial charge in [0.25, 0.3) is 0 Å². The number of carbonyl (C=O) groups excluding carboxylic acids is 1. The summed E-state index contributed by atoms with van der Waals surface area (Å²) in [7, 11) is 0. The average Bonchev–Trinajstić information content (AvgIpc) is 2.79. The smallest absolute Gasteiger partial charge is 0.408 e. The summed E-state index contributed by atoms with van der Waals surface area (Å²) < 4.78 is 6.74. The van der Waals surface area contributed by atoms with Crippen molar-refractivity contribution in [1.82, 2.24) is 14.4 Å². The molecule has 144 valence electrons. The Hall–Kier alpha value is -2.08. The Labute approximate surface area is 158 Å². The predicted octanol–water partition coefficient (Wildman–Crippen LogP) is 2.32. The van der Waals surface area contributed by atoms with Gasteiger partial charge in [0.15, 0.2) is 5.58 Å². The first-order valence-electron chi connectivity index (χ1n) is 10.3. The maximum absolute atomic E-state index is 13.0. The molecule has 6 rings (SSSR count). The average molecular weight is 369 g/mol. The highest BCUT2D eigenvalue weighted by Gasteiger charge is 2.37. The molecule has 1 aromatic heterocycles. The molecule has 1 aliphatic carbocycles. The summed E-state index contributed by atoms with van der Waals surface area (Å²) in [4.78, 5) is 29.9. The second-order valence-electron chi connectivity index (χ2n) is 8.57. The van der Waals surface area contributed by atoms with E-state index in [2.05, 4.69) is 4.90 Å². The Bertz CT molecular complexity index is 897. The van der Waals surface area contributed by atoms with Crippen molar-refractivity contribution >= 4 is 17.0 Å². The molecule has 0 unspecified atom stereocenters. The molecular formula is C21H27N3O3. The minimum absolute atomic E-state index is 0.0334. The van der Waals surface area contributed by atoms with E-state index in [1.807, 2.05) is 23.1 Å². The van der Waals surface area contributed by atoms with Gasteiger partial charge < -0.3 is 9.32 Å². The molecule has 1 amide bonds. The normalized spacial score (nSPS) is 26.3. The highest BCUT2D eigenvalue weighted by atomic mass is 16.4. The fourth-order valence-corrected chi connectivity index (χ4v) is 5.01. The Morgan fingerprint density at radius 3 is 2.74 bits per heavy atom. The molecule has 1 aromatic carbocycles. The summed E-state index contributed by atoms with van der Waals surface area (Å²) in [6.07, 6.45) is 6.52. The molecule has 4 fully saturated rings. The van der Waals surface area contributed by atoms with Crippen LogP contribution in [0.2, 0.25) is 0 Å². The molecule has 0 radical (unpaired) electrons. The van der Waals surface area contributed by atoms with Gasteiger partial charge in [0.1, 0.15) is 6.54 Å². The van der Waals surface area contributed by atoms with Gasteiger partial charge in [-0.15, -0.1) is 0 Å². The van der Waals surface area contributed by atoms with E-state index in [1.165, 1.54) is 43.2 Å². The van der Waals surface area contributed by atoms with Crippen LogP contribution < -0.4 is 5.76 Å². The highest BCUT2D eigenvalue weighted by Crippen LogP contribution is 2.33. The van der Waals surface area contributed by atoms with Gasteiger partial charge >= 0.3 is 5.76 Å². The van der Waals surface area contributed by atoms with Gasteiger partial charge in [-0.25, -0.2) is 4.79 Å². The zero-order valence-electron chi connectivity index (χ0n) is 15.7. The number of para-hydroxylation sites is 2. The van der Waals surface area contributed by atoms with E-state index < -0.39 is 5.76 Å². The number of nitrogens with zero attached hydrogens (tertiary/aromatic N) is 3. The van der Waals surface area contributed by atoms with Gasteiger partial charge in [-0.2, -0.15) is 0 Å². The van der Waals surface area contributed by atoms with Crippen LogP contribution in [0.3, 0.4) is 0 Å². The number of carbonyl (C=O) groups is 1. The maximum Gasteiger partial charge on any atom is 0.420 e. The first-order chi connectivity index (χ1) is 13.2. The third-order valence-corrected chi connectivity index (χ3v) is 6.76. The molecule has 6 heteroatoms. The van der Waals surface area contributed by atoms with Crippen LogP contribution in [0.5, 0.6) is 0 Å². The second kappa shape index (κ2) is 6.82. The van der Waals surface area contributed by atoms with Crippen molar-refractivity contribution in [2.75, 3.05) is 26.2 Å². The number of amides is 1. The van der Waals surface area contributed by atoms with Crippen LogP contribution in [0, 0.1) is 11.8 Å². The molecule has 2 atom stereocenters. The van der Waals surface area contributed by atoms with Crippen LogP contribution in [-0.2, 0) is 11.3 Å². The number of piperidine rings is 1. The van der Waals surface area contributed by atoms with E-state index in [4.69, 9.17) is 4.42 Å². The van der Waals surface area contributed by atoms with Crippen LogP contribution in [0.15, 0.2) is 33.5 Å². The largest absolute Gasteiger partial charge is 0.420 e. The number of fused-ring (bicyclic) bond motifs is 5. The lowest BCUT2D eigenvalue weighted by Crippen LogP contribution is -2.47. The van der Waals surface area contributed by atoms with Crippen molar-refractivity contribution in [2.24, 2.45) is 11.8 Å². The molecule has 4 aliphatic rings.